The zero-order valence-corrected chi connectivity index (χ0v) is 17.1. The number of methoxy groups -OCH3 is 1. The summed E-state index contributed by atoms with van der Waals surface area (Å²) >= 11 is 15.1. The number of rotatable bonds is 4. The molecule has 0 saturated heterocycles. The van der Waals surface area contributed by atoms with Crippen LogP contribution in [-0.2, 0) is 0 Å². The summed E-state index contributed by atoms with van der Waals surface area (Å²) in [5.41, 5.74) is 1.73. The van der Waals surface area contributed by atoms with Crippen molar-refractivity contribution in [1.82, 2.24) is 4.98 Å². The van der Waals surface area contributed by atoms with Gasteiger partial charge in [-0.15, -0.1) is 22.7 Å². The van der Waals surface area contributed by atoms with Gasteiger partial charge < -0.3 is 4.74 Å². The van der Waals surface area contributed by atoms with Gasteiger partial charge in [0.25, 0.3) is 5.91 Å². The van der Waals surface area contributed by atoms with Gasteiger partial charge in [-0.05, 0) is 36.4 Å². The van der Waals surface area contributed by atoms with Crippen LogP contribution >= 0.6 is 45.9 Å². The maximum atomic E-state index is 12.7. The van der Waals surface area contributed by atoms with E-state index in [2.05, 4.69) is 10.3 Å². The fourth-order valence-corrected chi connectivity index (χ4v) is 4.97. The quantitative estimate of drug-likeness (QED) is 0.393. The number of nitrogens with one attached hydrogen (secondary N) is 1. The Morgan fingerprint density at radius 3 is 2.67 bits per heavy atom. The number of benzene rings is 2. The number of hydrogen-bond donors (Lipinski definition) is 1. The first-order chi connectivity index (χ1) is 13.0. The number of carbonyl (C=O) groups is 1. The van der Waals surface area contributed by atoms with E-state index in [0.29, 0.717) is 20.1 Å². The molecule has 0 saturated carbocycles. The lowest BCUT2D eigenvalue weighted by Crippen LogP contribution is -2.10. The highest BCUT2D eigenvalue weighted by atomic mass is 35.5. The minimum Gasteiger partial charge on any atom is -0.497 e. The molecule has 0 atom stereocenters. The molecule has 8 heteroatoms. The summed E-state index contributed by atoms with van der Waals surface area (Å²) in [5.74, 6) is 0.495. The maximum Gasteiger partial charge on any atom is 0.269 e. The largest absolute Gasteiger partial charge is 0.497 e. The molecular formula is C19H12Cl2N2O2S2. The van der Waals surface area contributed by atoms with E-state index < -0.39 is 0 Å². The number of ether oxygens (including phenoxy) is 1. The highest BCUT2D eigenvalue weighted by Gasteiger charge is 2.18. The van der Waals surface area contributed by atoms with Crippen LogP contribution in [-0.4, -0.2) is 18.0 Å². The van der Waals surface area contributed by atoms with Crippen molar-refractivity contribution in [3.63, 3.8) is 0 Å². The number of aromatic nitrogens is 1. The Morgan fingerprint density at radius 2 is 1.93 bits per heavy atom. The van der Waals surface area contributed by atoms with Crippen LogP contribution < -0.4 is 10.1 Å². The average Bonchev–Trinajstić information content (AvgIpc) is 3.26. The van der Waals surface area contributed by atoms with Crippen molar-refractivity contribution in [2.75, 3.05) is 12.4 Å². The second-order valence-corrected chi connectivity index (χ2v) is 8.33. The van der Waals surface area contributed by atoms with E-state index in [1.165, 1.54) is 22.7 Å². The number of halogens is 2. The number of thiazole rings is 1. The molecule has 2 heterocycles. The van der Waals surface area contributed by atoms with E-state index >= 15 is 0 Å². The molecule has 0 aliphatic carbocycles. The molecule has 1 amide bonds. The van der Waals surface area contributed by atoms with Gasteiger partial charge in [0.15, 0.2) is 5.13 Å². The molecule has 0 aliphatic heterocycles. The average molecular weight is 435 g/mol. The number of fused-ring (bicyclic) bond motifs is 1. The first-order valence-electron chi connectivity index (χ1n) is 7.84. The van der Waals surface area contributed by atoms with Crippen molar-refractivity contribution in [1.29, 1.82) is 0 Å². The molecule has 0 unspecified atom stereocenters. The summed E-state index contributed by atoms with van der Waals surface area (Å²) in [5, 5.41) is 7.08. The summed E-state index contributed by atoms with van der Waals surface area (Å²) in [6.45, 7) is 0. The lowest BCUT2D eigenvalue weighted by atomic mass is 10.2. The number of thiophene rings is 1. The topological polar surface area (TPSA) is 51.2 Å². The third-order valence-corrected chi connectivity index (χ3v) is 6.56. The number of nitrogens with zero attached hydrogens (tertiary/aromatic N) is 1. The van der Waals surface area contributed by atoms with Crippen molar-refractivity contribution in [3.8, 4) is 17.0 Å². The second kappa shape index (κ2) is 7.48. The summed E-state index contributed by atoms with van der Waals surface area (Å²) in [4.78, 5) is 17.6. The molecule has 2 aromatic carbocycles. The van der Waals surface area contributed by atoms with Gasteiger partial charge in [0, 0.05) is 26.1 Å². The van der Waals surface area contributed by atoms with E-state index in [1.54, 1.807) is 19.2 Å². The molecule has 0 fully saturated rings. The monoisotopic (exact) mass is 434 g/mol. The Hall–Kier alpha value is -2.12. The molecule has 4 aromatic rings. The molecule has 2 aromatic heterocycles. The van der Waals surface area contributed by atoms with Crippen LogP contribution in [0.2, 0.25) is 10.0 Å². The van der Waals surface area contributed by atoms with Crippen LogP contribution in [0.3, 0.4) is 0 Å². The Balaban J connectivity index is 1.56. The van der Waals surface area contributed by atoms with Crippen molar-refractivity contribution < 1.29 is 9.53 Å². The van der Waals surface area contributed by atoms with E-state index in [1.807, 2.05) is 35.7 Å². The van der Waals surface area contributed by atoms with Crippen LogP contribution in [0, 0.1) is 0 Å². The van der Waals surface area contributed by atoms with E-state index in [9.17, 15) is 4.79 Å². The standard InChI is InChI=1S/C19H12Cl2N2O2S2/c1-25-12-5-2-10(3-6-12)14-9-26-19(22-14)23-18(24)17-16(21)13-7-4-11(20)8-15(13)27-17/h2-9H,1H3,(H,22,23,24). The first kappa shape index (κ1) is 18.3. The lowest BCUT2D eigenvalue weighted by molar-refractivity contribution is 0.103. The van der Waals surface area contributed by atoms with Gasteiger partial charge >= 0.3 is 0 Å². The van der Waals surface area contributed by atoms with Gasteiger partial charge in [0.05, 0.1) is 17.8 Å². The molecule has 1 N–H and O–H groups in total. The molecule has 0 aliphatic rings. The van der Waals surface area contributed by atoms with Gasteiger partial charge in [-0.1, -0.05) is 29.3 Å². The first-order valence-corrected chi connectivity index (χ1v) is 10.3. The fraction of sp³-hybridized carbons (Fsp3) is 0.0526. The molecule has 0 spiro atoms. The zero-order valence-electron chi connectivity index (χ0n) is 14.0. The predicted octanol–water partition coefficient (Wildman–Crippen LogP) is 6.59. The Morgan fingerprint density at radius 1 is 1.15 bits per heavy atom. The SMILES string of the molecule is COc1ccc(-c2csc(NC(=O)c3sc4cc(Cl)ccc4c3Cl)n2)cc1. The Kier molecular flexibility index (Phi) is 5.06. The number of hydrogen-bond acceptors (Lipinski definition) is 5. The van der Waals surface area contributed by atoms with E-state index in [4.69, 9.17) is 27.9 Å². The van der Waals surface area contributed by atoms with Crippen LogP contribution in [0.5, 0.6) is 5.75 Å². The molecule has 4 rings (SSSR count). The van der Waals surface area contributed by atoms with Crippen LogP contribution in [0.25, 0.3) is 21.3 Å². The zero-order chi connectivity index (χ0) is 19.0. The molecular weight excluding hydrogens is 423 g/mol. The van der Waals surface area contributed by atoms with Gasteiger partial charge in [-0.25, -0.2) is 4.98 Å². The van der Waals surface area contributed by atoms with Gasteiger partial charge in [-0.2, -0.15) is 0 Å². The van der Waals surface area contributed by atoms with Crippen molar-refractivity contribution >= 4 is 67.0 Å². The number of anilines is 1. The highest BCUT2D eigenvalue weighted by Crippen LogP contribution is 2.37. The summed E-state index contributed by atoms with van der Waals surface area (Å²) in [6.07, 6.45) is 0. The third-order valence-electron chi connectivity index (χ3n) is 3.91. The minimum absolute atomic E-state index is 0.284. The molecule has 4 nitrogen and oxygen atoms in total. The highest BCUT2D eigenvalue weighted by molar-refractivity contribution is 7.22. The number of carbonyl (C=O) groups excluding carboxylic acids is 1. The fourth-order valence-electron chi connectivity index (χ4n) is 2.56. The van der Waals surface area contributed by atoms with Crippen molar-refractivity contribution in [2.45, 2.75) is 0 Å². The molecule has 27 heavy (non-hydrogen) atoms. The molecule has 136 valence electrons. The summed E-state index contributed by atoms with van der Waals surface area (Å²) in [6, 6.07) is 13.0. The van der Waals surface area contributed by atoms with Gasteiger partial charge in [-0.3, -0.25) is 10.1 Å². The third kappa shape index (κ3) is 3.66. The normalized spacial score (nSPS) is 10.9. The van der Waals surface area contributed by atoms with Gasteiger partial charge in [0.2, 0.25) is 0 Å². The minimum atomic E-state index is -0.284. The Bertz CT molecular complexity index is 1140. The predicted molar refractivity (Wildman–Crippen MR) is 114 cm³/mol. The lowest BCUT2D eigenvalue weighted by Gasteiger charge is -2.01. The van der Waals surface area contributed by atoms with Crippen LogP contribution in [0.1, 0.15) is 9.67 Å². The Labute approximate surface area is 173 Å². The van der Waals surface area contributed by atoms with Gasteiger partial charge in [0.1, 0.15) is 10.6 Å². The van der Waals surface area contributed by atoms with E-state index in [0.717, 1.165) is 27.1 Å². The van der Waals surface area contributed by atoms with Crippen molar-refractivity contribution in [3.05, 3.63) is 62.8 Å². The second-order valence-electron chi connectivity index (χ2n) is 5.61. The van der Waals surface area contributed by atoms with Crippen LogP contribution in [0.15, 0.2) is 47.8 Å². The summed E-state index contributed by atoms with van der Waals surface area (Å²) < 4.78 is 6.03. The molecule has 0 bridgehead atoms. The number of amides is 1. The van der Waals surface area contributed by atoms with E-state index in [-0.39, 0.29) is 5.91 Å². The van der Waals surface area contributed by atoms with Crippen molar-refractivity contribution in [2.24, 2.45) is 0 Å². The van der Waals surface area contributed by atoms with Crippen LogP contribution in [0.4, 0.5) is 5.13 Å². The maximum absolute atomic E-state index is 12.7. The smallest absolute Gasteiger partial charge is 0.269 e. The molecule has 0 radical (unpaired) electrons. The summed E-state index contributed by atoms with van der Waals surface area (Å²) in [7, 11) is 1.62.